The maximum Gasteiger partial charge on any atom is 0.176 e. The molecule has 0 heterocycles. The van der Waals surface area contributed by atoms with Crippen LogP contribution in [0.4, 0.5) is 0 Å². The van der Waals surface area contributed by atoms with Crippen molar-refractivity contribution >= 4 is 0 Å². The van der Waals surface area contributed by atoms with Gasteiger partial charge in [-0.1, -0.05) is 19.1 Å². The molecule has 1 aliphatic rings. The molecule has 0 spiro atoms. The van der Waals surface area contributed by atoms with Crippen LogP contribution < -0.4 is 10.1 Å². The Morgan fingerprint density at radius 2 is 1.79 bits per heavy atom. The van der Waals surface area contributed by atoms with Crippen LogP contribution >= 0.6 is 0 Å². The predicted octanol–water partition coefficient (Wildman–Crippen LogP) is 2.50. The van der Waals surface area contributed by atoms with Gasteiger partial charge in [-0.25, -0.2) is 0 Å². The molecule has 0 aromatic heterocycles. The van der Waals surface area contributed by atoms with Crippen LogP contribution in [-0.4, -0.2) is 33.2 Å². The average molecular weight is 265 g/mol. The maximum absolute atomic E-state index is 5.75. The molecule has 1 N–H and O–H groups in total. The zero-order chi connectivity index (χ0) is 13.7. The molecule has 106 valence electrons. The van der Waals surface area contributed by atoms with Gasteiger partial charge in [-0.05, 0) is 37.1 Å². The van der Waals surface area contributed by atoms with E-state index in [4.69, 9.17) is 14.2 Å². The first-order valence-corrected chi connectivity index (χ1v) is 6.84. The van der Waals surface area contributed by atoms with Crippen molar-refractivity contribution in [1.29, 1.82) is 0 Å². The third-order valence-corrected chi connectivity index (χ3v) is 3.23. The summed E-state index contributed by atoms with van der Waals surface area (Å²) in [7, 11) is 3.31. The van der Waals surface area contributed by atoms with Crippen molar-refractivity contribution in [3.63, 3.8) is 0 Å². The van der Waals surface area contributed by atoms with Crippen LogP contribution in [0.15, 0.2) is 24.3 Å². The molecule has 1 atom stereocenters. The molecule has 1 unspecified atom stereocenters. The molecule has 0 aliphatic heterocycles. The van der Waals surface area contributed by atoms with E-state index in [1.54, 1.807) is 14.2 Å². The fourth-order valence-corrected chi connectivity index (χ4v) is 2.09. The van der Waals surface area contributed by atoms with Crippen LogP contribution in [0.1, 0.15) is 31.4 Å². The lowest BCUT2D eigenvalue weighted by molar-refractivity contribution is -0.123. The SMILES string of the molecule is CCNC(c1ccc(OC2CC2)cc1)C(OC)OC. The molecule has 1 saturated carbocycles. The van der Waals surface area contributed by atoms with E-state index < -0.39 is 0 Å². The fraction of sp³-hybridized carbons (Fsp3) is 0.600. The van der Waals surface area contributed by atoms with Gasteiger partial charge >= 0.3 is 0 Å². The molecule has 19 heavy (non-hydrogen) atoms. The first kappa shape index (κ1) is 14.3. The van der Waals surface area contributed by atoms with Crippen LogP contribution in [-0.2, 0) is 9.47 Å². The molecule has 0 saturated heterocycles. The maximum atomic E-state index is 5.75. The molecule has 1 aromatic carbocycles. The normalized spacial score (nSPS) is 16.6. The average Bonchev–Trinajstić information content (AvgIpc) is 3.24. The summed E-state index contributed by atoms with van der Waals surface area (Å²) in [5.41, 5.74) is 1.14. The van der Waals surface area contributed by atoms with Crippen molar-refractivity contribution in [3.05, 3.63) is 29.8 Å². The number of benzene rings is 1. The number of hydrogen-bond acceptors (Lipinski definition) is 4. The molecule has 1 fully saturated rings. The Hall–Kier alpha value is -1.10. The molecule has 4 heteroatoms. The highest BCUT2D eigenvalue weighted by Crippen LogP contribution is 2.28. The lowest BCUT2D eigenvalue weighted by atomic mass is 10.1. The van der Waals surface area contributed by atoms with E-state index in [2.05, 4.69) is 24.4 Å². The first-order chi connectivity index (χ1) is 9.28. The van der Waals surface area contributed by atoms with Crippen LogP contribution in [0.2, 0.25) is 0 Å². The highest BCUT2D eigenvalue weighted by atomic mass is 16.7. The summed E-state index contributed by atoms with van der Waals surface area (Å²) in [6.07, 6.45) is 2.49. The van der Waals surface area contributed by atoms with Gasteiger partial charge in [0.05, 0.1) is 12.1 Å². The third-order valence-electron chi connectivity index (χ3n) is 3.23. The first-order valence-electron chi connectivity index (χ1n) is 6.84. The lowest BCUT2D eigenvalue weighted by Gasteiger charge is -2.26. The second-order valence-corrected chi connectivity index (χ2v) is 4.76. The Kier molecular flexibility index (Phi) is 5.19. The van der Waals surface area contributed by atoms with Crippen molar-refractivity contribution < 1.29 is 14.2 Å². The number of methoxy groups -OCH3 is 2. The van der Waals surface area contributed by atoms with E-state index in [-0.39, 0.29) is 12.3 Å². The summed E-state index contributed by atoms with van der Waals surface area (Å²) in [6.45, 7) is 2.92. The van der Waals surface area contributed by atoms with Crippen molar-refractivity contribution in [2.45, 2.75) is 38.2 Å². The van der Waals surface area contributed by atoms with Crippen molar-refractivity contribution in [2.75, 3.05) is 20.8 Å². The van der Waals surface area contributed by atoms with Gasteiger partial charge in [0.2, 0.25) is 0 Å². The van der Waals surface area contributed by atoms with Gasteiger partial charge in [0.25, 0.3) is 0 Å². The van der Waals surface area contributed by atoms with Crippen LogP contribution in [0, 0.1) is 0 Å². The van der Waals surface area contributed by atoms with E-state index in [0.717, 1.165) is 17.9 Å². The minimum Gasteiger partial charge on any atom is -0.490 e. The van der Waals surface area contributed by atoms with Crippen LogP contribution in [0.3, 0.4) is 0 Å². The Morgan fingerprint density at radius 1 is 1.16 bits per heavy atom. The summed E-state index contributed by atoms with van der Waals surface area (Å²) in [4.78, 5) is 0. The second kappa shape index (κ2) is 6.89. The Balaban J connectivity index is 2.06. The highest BCUT2D eigenvalue weighted by Gasteiger charge is 2.24. The van der Waals surface area contributed by atoms with Gasteiger partial charge in [0, 0.05) is 14.2 Å². The van der Waals surface area contributed by atoms with Crippen molar-refractivity contribution in [1.82, 2.24) is 5.32 Å². The minimum atomic E-state index is -0.296. The third kappa shape index (κ3) is 3.93. The Morgan fingerprint density at radius 3 is 2.26 bits per heavy atom. The molecule has 0 amide bonds. The Labute approximate surface area is 115 Å². The van der Waals surface area contributed by atoms with E-state index in [0.29, 0.717) is 6.10 Å². The minimum absolute atomic E-state index is 0.0231. The Bertz CT molecular complexity index is 371. The number of hydrogen-bond donors (Lipinski definition) is 1. The summed E-state index contributed by atoms with van der Waals surface area (Å²) in [5, 5.41) is 3.38. The largest absolute Gasteiger partial charge is 0.490 e. The van der Waals surface area contributed by atoms with Crippen molar-refractivity contribution in [2.24, 2.45) is 0 Å². The summed E-state index contributed by atoms with van der Waals surface area (Å²) in [6, 6.07) is 8.18. The number of likely N-dealkylation sites (N-methyl/N-ethyl adjacent to an activating group) is 1. The molecule has 2 rings (SSSR count). The zero-order valence-corrected chi connectivity index (χ0v) is 11.9. The fourth-order valence-electron chi connectivity index (χ4n) is 2.09. The second-order valence-electron chi connectivity index (χ2n) is 4.76. The summed E-state index contributed by atoms with van der Waals surface area (Å²) >= 11 is 0. The molecular weight excluding hydrogens is 242 g/mol. The monoisotopic (exact) mass is 265 g/mol. The number of ether oxygens (including phenoxy) is 3. The van der Waals surface area contributed by atoms with Gasteiger partial charge in [0.15, 0.2) is 6.29 Å². The van der Waals surface area contributed by atoms with E-state index in [9.17, 15) is 0 Å². The quantitative estimate of drug-likeness (QED) is 0.733. The van der Waals surface area contributed by atoms with Gasteiger partial charge in [-0.3, -0.25) is 0 Å². The van der Waals surface area contributed by atoms with Crippen LogP contribution in [0.5, 0.6) is 5.75 Å². The van der Waals surface area contributed by atoms with E-state index in [1.165, 1.54) is 12.8 Å². The van der Waals surface area contributed by atoms with Crippen molar-refractivity contribution in [3.8, 4) is 5.75 Å². The van der Waals surface area contributed by atoms with Crippen LogP contribution in [0.25, 0.3) is 0 Å². The van der Waals surface area contributed by atoms with Gasteiger partial charge in [0.1, 0.15) is 5.75 Å². The van der Waals surface area contributed by atoms with Gasteiger partial charge < -0.3 is 19.5 Å². The molecule has 0 radical (unpaired) electrons. The number of rotatable bonds is 8. The zero-order valence-electron chi connectivity index (χ0n) is 11.9. The molecular formula is C15H23NO3. The molecule has 4 nitrogen and oxygen atoms in total. The molecule has 0 bridgehead atoms. The van der Waals surface area contributed by atoms with Gasteiger partial charge in [-0.2, -0.15) is 0 Å². The van der Waals surface area contributed by atoms with E-state index >= 15 is 0 Å². The molecule has 1 aromatic rings. The standard InChI is InChI=1S/C15H23NO3/c1-4-16-14(15(17-2)18-3)11-5-7-12(8-6-11)19-13-9-10-13/h5-8,13-16H,4,9-10H2,1-3H3. The number of nitrogens with one attached hydrogen (secondary N) is 1. The van der Waals surface area contributed by atoms with E-state index in [1.807, 2.05) is 12.1 Å². The van der Waals surface area contributed by atoms with Gasteiger partial charge in [-0.15, -0.1) is 0 Å². The summed E-state index contributed by atoms with van der Waals surface area (Å²) in [5.74, 6) is 0.938. The highest BCUT2D eigenvalue weighted by molar-refractivity contribution is 5.30. The topological polar surface area (TPSA) is 39.7 Å². The molecule has 1 aliphatic carbocycles. The lowest BCUT2D eigenvalue weighted by Crippen LogP contribution is -2.34. The summed E-state index contributed by atoms with van der Waals surface area (Å²) < 4.78 is 16.5. The smallest absolute Gasteiger partial charge is 0.176 e. The predicted molar refractivity (Wildman–Crippen MR) is 74.3 cm³/mol.